The van der Waals surface area contributed by atoms with Gasteiger partial charge in [-0.2, -0.15) is 0 Å². The van der Waals surface area contributed by atoms with Crippen molar-refractivity contribution in [3.8, 4) is 5.75 Å². The van der Waals surface area contributed by atoms with E-state index in [1.807, 2.05) is 0 Å². The zero-order valence-corrected chi connectivity index (χ0v) is 12.7. The molecule has 0 aliphatic rings. The molecular formula is C15H14BrF2NO. The molecule has 0 fully saturated rings. The maximum Gasteiger partial charge on any atom is 0.147 e. The normalized spacial score (nSPS) is 12.1. The molecule has 0 aliphatic heterocycles. The lowest BCUT2D eigenvalue weighted by atomic mass is 10.1. The summed E-state index contributed by atoms with van der Waals surface area (Å²) in [6.45, 7) is 1.75. The predicted octanol–water partition coefficient (Wildman–Crippen LogP) is 4.91. The lowest BCUT2D eigenvalue weighted by Gasteiger charge is -2.20. The van der Waals surface area contributed by atoms with E-state index in [9.17, 15) is 8.78 Å². The molecule has 0 heterocycles. The van der Waals surface area contributed by atoms with Crippen molar-refractivity contribution in [1.29, 1.82) is 0 Å². The fourth-order valence-electron chi connectivity index (χ4n) is 2.04. The van der Waals surface area contributed by atoms with Crippen LogP contribution in [-0.4, -0.2) is 7.11 Å². The number of benzene rings is 2. The van der Waals surface area contributed by atoms with Crippen LogP contribution in [0.5, 0.6) is 5.75 Å². The van der Waals surface area contributed by atoms with E-state index in [-0.39, 0.29) is 0 Å². The molecule has 1 N–H and O–H groups in total. The van der Waals surface area contributed by atoms with Gasteiger partial charge in [-0.1, -0.05) is 12.1 Å². The number of anilines is 1. The summed E-state index contributed by atoms with van der Waals surface area (Å²) in [6, 6.07) is 8.82. The smallest absolute Gasteiger partial charge is 0.147 e. The number of methoxy groups -OCH3 is 1. The highest BCUT2D eigenvalue weighted by atomic mass is 79.9. The highest BCUT2D eigenvalue weighted by Gasteiger charge is 2.18. The number of ether oxygens (including phenoxy) is 1. The number of halogens is 3. The summed E-state index contributed by atoms with van der Waals surface area (Å²) < 4.78 is 33.5. The van der Waals surface area contributed by atoms with Gasteiger partial charge in [0, 0.05) is 4.47 Å². The van der Waals surface area contributed by atoms with Crippen LogP contribution >= 0.6 is 15.9 Å². The molecule has 20 heavy (non-hydrogen) atoms. The van der Waals surface area contributed by atoms with Crippen LogP contribution in [0.4, 0.5) is 14.5 Å². The summed E-state index contributed by atoms with van der Waals surface area (Å²) in [6.07, 6.45) is 0. The van der Waals surface area contributed by atoms with Gasteiger partial charge in [0.1, 0.15) is 17.4 Å². The standard InChI is InChI=1S/C15H14BrF2NO/c1-9(14-11(17)6-4-8-13(14)20-2)19-15-10(16)5-3-7-12(15)18/h3-9,19H,1-2H3. The molecule has 0 saturated carbocycles. The maximum absolute atomic E-state index is 14.0. The molecule has 0 radical (unpaired) electrons. The van der Waals surface area contributed by atoms with E-state index >= 15 is 0 Å². The van der Waals surface area contributed by atoms with Crippen molar-refractivity contribution in [3.63, 3.8) is 0 Å². The Morgan fingerprint density at radius 1 is 1.10 bits per heavy atom. The highest BCUT2D eigenvalue weighted by molar-refractivity contribution is 9.10. The molecule has 0 aliphatic carbocycles. The molecule has 106 valence electrons. The monoisotopic (exact) mass is 341 g/mol. The average Bonchev–Trinajstić information content (AvgIpc) is 2.42. The van der Waals surface area contributed by atoms with Crippen molar-refractivity contribution in [2.45, 2.75) is 13.0 Å². The van der Waals surface area contributed by atoms with E-state index in [0.29, 0.717) is 21.5 Å². The Morgan fingerprint density at radius 3 is 2.40 bits per heavy atom. The Kier molecular flexibility index (Phi) is 4.60. The van der Waals surface area contributed by atoms with Gasteiger partial charge in [0.2, 0.25) is 0 Å². The van der Waals surface area contributed by atoms with Gasteiger partial charge < -0.3 is 10.1 Å². The molecular weight excluding hydrogens is 328 g/mol. The summed E-state index contributed by atoms with van der Waals surface area (Å²) >= 11 is 3.27. The van der Waals surface area contributed by atoms with Crippen LogP contribution in [0, 0.1) is 11.6 Å². The Balaban J connectivity index is 2.36. The van der Waals surface area contributed by atoms with Crippen molar-refractivity contribution in [2.24, 2.45) is 0 Å². The largest absolute Gasteiger partial charge is 0.496 e. The molecule has 2 aromatic rings. The predicted molar refractivity (Wildman–Crippen MR) is 79.1 cm³/mol. The van der Waals surface area contributed by atoms with Gasteiger partial charge in [-0.25, -0.2) is 8.78 Å². The van der Waals surface area contributed by atoms with Crippen LogP contribution in [0.15, 0.2) is 40.9 Å². The van der Waals surface area contributed by atoms with Crippen molar-refractivity contribution in [3.05, 3.63) is 58.1 Å². The van der Waals surface area contributed by atoms with E-state index in [4.69, 9.17) is 4.74 Å². The van der Waals surface area contributed by atoms with Gasteiger partial charge in [-0.3, -0.25) is 0 Å². The lowest BCUT2D eigenvalue weighted by molar-refractivity contribution is 0.402. The molecule has 5 heteroatoms. The summed E-state index contributed by atoms with van der Waals surface area (Å²) in [5.41, 5.74) is 0.662. The summed E-state index contributed by atoms with van der Waals surface area (Å²) in [5, 5.41) is 2.97. The molecule has 0 bridgehead atoms. The Labute approximate surface area is 124 Å². The molecule has 2 rings (SSSR count). The number of rotatable bonds is 4. The lowest BCUT2D eigenvalue weighted by Crippen LogP contribution is -2.11. The van der Waals surface area contributed by atoms with Gasteiger partial charge >= 0.3 is 0 Å². The molecule has 0 spiro atoms. The zero-order chi connectivity index (χ0) is 14.7. The Morgan fingerprint density at radius 2 is 1.75 bits per heavy atom. The first kappa shape index (κ1) is 14.8. The summed E-state index contributed by atoms with van der Waals surface area (Å²) in [7, 11) is 1.48. The van der Waals surface area contributed by atoms with Gasteiger partial charge in [0.15, 0.2) is 0 Å². The first-order valence-corrected chi connectivity index (χ1v) is 6.87. The Hall–Kier alpha value is -1.62. The number of hydrogen-bond donors (Lipinski definition) is 1. The van der Waals surface area contributed by atoms with E-state index < -0.39 is 17.7 Å². The topological polar surface area (TPSA) is 21.3 Å². The van der Waals surface area contributed by atoms with E-state index in [1.54, 1.807) is 31.2 Å². The van der Waals surface area contributed by atoms with Crippen LogP contribution in [0.25, 0.3) is 0 Å². The fourth-order valence-corrected chi connectivity index (χ4v) is 2.50. The third-order valence-corrected chi connectivity index (χ3v) is 3.65. The van der Waals surface area contributed by atoms with Crippen molar-refractivity contribution in [2.75, 3.05) is 12.4 Å². The van der Waals surface area contributed by atoms with Gasteiger partial charge in [-0.05, 0) is 47.1 Å². The summed E-state index contributed by atoms with van der Waals surface area (Å²) in [5.74, 6) is -0.365. The maximum atomic E-state index is 14.0. The minimum absolute atomic E-state index is 0.297. The second-order valence-corrected chi connectivity index (χ2v) is 5.17. The van der Waals surface area contributed by atoms with Crippen molar-refractivity contribution < 1.29 is 13.5 Å². The van der Waals surface area contributed by atoms with Crippen LogP contribution in [0.1, 0.15) is 18.5 Å². The van der Waals surface area contributed by atoms with Gasteiger partial charge in [-0.15, -0.1) is 0 Å². The number of hydrogen-bond acceptors (Lipinski definition) is 2. The first-order chi connectivity index (χ1) is 9.54. The minimum Gasteiger partial charge on any atom is -0.496 e. The van der Waals surface area contributed by atoms with Crippen LogP contribution in [0.2, 0.25) is 0 Å². The SMILES string of the molecule is COc1cccc(F)c1C(C)Nc1c(F)cccc1Br. The van der Waals surface area contributed by atoms with Gasteiger partial charge in [0.25, 0.3) is 0 Å². The average molecular weight is 342 g/mol. The van der Waals surface area contributed by atoms with E-state index in [2.05, 4.69) is 21.2 Å². The summed E-state index contributed by atoms with van der Waals surface area (Å²) in [4.78, 5) is 0. The molecule has 2 nitrogen and oxygen atoms in total. The molecule has 1 unspecified atom stereocenters. The first-order valence-electron chi connectivity index (χ1n) is 6.07. The third kappa shape index (κ3) is 2.93. The third-order valence-electron chi connectivity index (χ3n) is 2.99. The van der Waals surface area contributed by atoms with E-state index in [0.717, 1.165) is 0 Å². The Bertz CT molecular complexity index is 599. The van der Waals surface area contributed by atoms with Crippen LogP contribution in [-0.2, 0) is 0 Å². The highest BCUT2D eigenvalue weighted by Crippen LogP contribution is 2.33. The molecule has 0 saturated heterocycles. The van der Waals surface area contributed by atoms with Crippen molar-refractivity contribution >= 4 is 21.6 Å². The molecule has 1 atom stereocenters. The fraction of sp³-hybridized carbons (Fsp3) is 0.200. The molecule has 0 amide bonds. The zero-order valence-electron chi connectivity index (χ0n) is 11.1. The minimum atomic E-state index is -0.445. The van der Waals surface area contributed by atoms with E-state index in [1.165, 1.54) is 19.2 Å². The van der Waals surface area contributed by atoms with Crippen LogP contribution < -0.4 is 10.1 Å². The number of para-hydroxylation sites is 1. The molecule has 0 aromatic heterocycles. The quantitative estimate of drug-likeness (QED) is 0.853. The van der Waals surface area contributed by atoms with Gasteiger partial charge in [0.05, 0.1) is 24.4 Å². The second kappa shape index (κ2) is 6.22. The number of nitrogens with one attached hydrogen (secondary N) is 1. The van der Waals surface area contributed by atoms with Crippen LogP contribution in [0.3, 0.4) is 0 Å². The second-order valence-electron chi connectivity index (χ2n) is 4.32. The van der Waals surface area contributed by atoms with Crippen molar-refractivity contribution in [1.82, 2.24) is 0 Å². The molecule has 2 aromatic carbocycles.